The van der Waals surface area contributed by atoms with Gasteiger partial charge < -0.3 is 24.4 Å². The van der Waals surface area contributed by atoms with Crippen LogP contribution in [0.4, 0.5) is 0 Å². The number of hydrogen-bond acceptors (Lipinski definition) is 7. The van der Waals surface area contributed by atoms with E-state index in [0.717, 1.165) is 57.1 Å². The molecule has 0 aromatic heterocycles. The number of phenolic OH excluding ortho intramolecular Hbond substituents is 1. The van der Waals surface area contributed by atoms with Gasteiger partial charge in [-0.1, -0.05) is 73.4 Å². The fourth-order valence-electron chi connectivity index (χ4n) is 8.53. The van der Waals surface area contributed by atoms with E-state index in [2.05, 4.69) is 43.3 Å². The zero-order valence-corrected chi connectivity index (χ0v) is 32.1. The number of esters is 2. The van der Waals surface area contributed by atoms with Gasteiger partial charge in [0.1, 0.15) is 11.5 Å². The van der Waals surface area contributed by atoms with Crippen LogP contribution in [0.25, 0.3) is 0 Å². The lowest BCUT2D eigenvalue weighted by atomic mass is 9.87. The first-order chi connectivity index (χ1) is 25.6. The van der Waals surface area contributed by atoms with E-state index in [-0.39, 0.29) is 17.9 Å². The van der Waals surface area contributed by atoms with Crippen LogP contribution in [0, 0.1) is 42.4 Å². The molecule has 0 bridgehead atoms. The molecular formula is C45H60O8. The number of ether oxygens (including phenoxy) is 3. The predicted molar refractivity (Wildman–Crippen MR) is 207 cm³/mol. The summed E-state index contributed by atoms with van der Waals surface area (Å²) in [6.45, 7) is 2.07. The summed E-state index contributed by atoms with van der Waals surface area (Å²) in [5.41, 5.74) is 5.07. The molecule has 3 saturated carbocycles. The number of aromatic hydroxyl groups is 1. The highest BCUT2D eigenvalue weighted by Crippen LogP contribution is 2.38. The van der Waals surface area contributed by atoms with Crippen LogP contribution in [-0.4, -0.2) is 49.5 Å². The normalized spacial score (nSPS) is 23.2. The Labute approximate surface area is 316 Å². The summed E-state index contributed by atoms with van der Waals surface area (Å²) in [5.74, 6) is 2.71. The van der Waals surface area contributed by atoms with Crippen molar-refractivity contribution in [3.05, 3.63) is 95.1 Å². The second-order valence-electron chi connectivity index (χ2n) is 15.2. The Bertz CT molecular complexity index is 1550. The van der Waals surface area contributed by atoms with E-state index < -0.39 is 5.97 Å². The first-order valence-corrected chi connectivity index (χ1v) is 19.4. The molecule has 8 heteroatoms. The number of aliphatic carboxylic acids is 1. The Morgan fingerprint density at radius 3 is 1.42 bits per heavy atom. The summed E-state index contributed by atoms with van der Waals surface area (Å²) in [7, 11) is 4.60. The highest BCUT2D eigenvalue weighted by molar-refractivity contribution is 5.71. The monoisotopic (exact) mass is 728 g/mol. The fourth-order valence-corrected chi connectivity index (χ4v) is 8.53. The maximum Gasteiger partial charge on any atom is 0.306 e. The molecule has 3 fully saturated rings. The van der Waals surface area contributed by atoms with E-state index in [9.17, 15) is 19.5 Å². The van der Waals surface area contributed by atoms with Gasteiger partial charge in [0.2, 0.25) is 0 Å². The van der Waals surface area contributed by atoms with Gasteiger partial charge in [0.15, 0.2) is 0 Å². The molecule has 0 amide bonds. The minimum Gasteiger partial charge on any atom is -0.508 e. The van der Waals surface area contributed by atoms with Gasteiger partial charge in [-0.25, -0.2) is 0 Å². The molecule has 0 heterocycles. The summed E-state index contributed by atoms with van der Waals surface area (Å²) in [4.78, 5) is 33.8. The molecule has 3 aromatic rings. The number of aryl methyl sites for hydroxylation is 1. The molecule has 0 aliphatic heterocycles. The third-order valence-corrected chi connectivity index (χ3v) is 11.6. The van der Waals surface area contributed by atoms with Crippen LogP contribution in [-0.2, 0) is 43.1 Å². The van der Waals surface area contributed by atoms with Crippen molar-refractivity contribution >= 4 is 17.9 Å². The van der Waals surface area contributed by atoms with E-state index in [0.29, 0.717) is 48.2 Å². The Morgan fingerprint density at radius 1 is 0.566 bits per heavy atom. The number of phenols is 1. The van der Waals surface area contributed by atoms with Gasteiger partial charge in [0.25, 0.3) is 0 Å². The van der Waals surface area contributed by atoms with Crippen molar-refractivity contribution in [1.29, 1.82) is 0 Å². The maximum absolute atomic E-state index is 11.4. The van der Waals surface area contributed by atoms with Crippen molar-refractivity contribution in [2.45, 2.75) is 96.8 Å². The van der Waals surface area contributed by atoms with Gasteiger partial charge in [-0.3, -0.25) is 14.4 Å². The highest BCUT2D eigenvalue weighted by atomic mass is 16.5. The minimum atomic E-state index is -0.616. The van der Waals surface area contributed by atoms with Gasteiger partial charge in [-0.05, 0) is 135 Å². The summed E-state index contributed by atoms with van der Waals surface area (Å²) in [6.07, 6.45) is 14.1. The van der Waals surface area contributed by atoms with Crippen LogP contribution in [0.3, 0.4) is 0 Å². The SMILES string of the molecule is COC(=O)CC1CCCC1Cc1ccc(O)cc1.COC(=O)CC1CCCC1Cc1ccc(OC)cc1.Cc1ccc(CC2CCCC2C(=O)O)cc1. The topological polar surface area (TPSA) is 119 Å². The molecular weight excluding hydrogens is 668 g/mol. The molecule has 0 spiro atoms. The average Bonchev–Trinajstić information content (AvgIpc) is 3.93. The molecule has 6 unspecified atom stereocenters. The molecule has 2 N–H and O–H groups in total. The van der Waals surface area contributed by atoms with Gasteiger partial charge in [0, 0.05) is 12.8 Å². The van der Waals surface area contributed by atoms with Crippen LogP contribution in [0.1, 0.15) is 92.9 Å². The third-order valence-electron chi connectivity index (χ3n) is 11.6. The number of carbonyl (C=O) groups excluding carboxylic acids is 2. The van der Waals surface area contributed by atoms with Crippen molar-refractivity contribution in [3.8, 4) is 11.5 Å². The zero-order chi connectivity index (χ0) is 38.2. The number of carbonyl (C=O) groups is 3. The average molecular weight is 729 g/mol. The van der Waals surface area contributed by atoms with E-state index in [4.69, 9.17) is 19.3 Å². The second-order valence-corrected chi connectivity index (χ2v) is 15.2. The Balaban J connectivity index is 0.000000178. The van der Waals surface area contributed by atoms with E-state index in [1.54, 1.807) is 19.2 Å². The van der Waals surface area contributed by atoms with Crippen molar-refractivity contribution in [3.63, 3.8) is 0 Å². The molecule has 288 valence electrons. The summed E-state index contributed by atoms with van der Waals surface area (Å²) in [6, 6.07) is 24.0. The standard InChI is InChI=1S/C16H22O3.C15H20O3.C14H18O2/c1-18-15-8-6-12(7-9-15)10-13-4-3-5-14(13)11-16(17)19-2;1-18-15(17)10-13-4-2-3-12(13)9-11-5-7-14(16)8-6-11;1-10-5-7-11(8-6-10)9-12-3-2-4-13(12)14(15)16/h6-9,13-14H,3-5,10-11H2,1-2H3;5-8,12-13,16H,2-4,9-10H2,1H3;5-8,12-13H,2-4,9H2,1H3,(H,15,16). The molecule has 3 aliphatic rings. The first kappa shape index (κ1) is 41.4. The largest absolute Gasteiger partial charge is 0.508 e. The van der Waals surface area contributed by atoms with E-state index in [1.165, 1.54) is 62.2 Å². The third kappa shape index (κ3) is 13.5. The van der Waals surface area contributed by atoms with Gasteiger partial charge in [-0.15, -0.1) is 0 Å². The molecule has 6 atom stereocenters. The molecule has 6 rings (SSSR count). The Kier molecular flexibility index (Phi) is 16.7. The number of carboxylic acids is 1. The van der Waals surface area contributed by atoms with Gasteiger partial charge in [-0.2, -0.15) is 0 Å². The van der Waals surface area contributed by atoms with Crippen LogP contribution in [0.2, 0.25) is 0 Å². The Hall–Kier alpha value is -4.33. The lowest BCUT2D eigenvalue weighted by Gasteiger charge is -2.18. The zero-order valence-electron chi connectivity index (χ0n) is 32.1. The lowest BCUT2D eigenvalue weighted by Crippen LogP contribution is -2.19. The van der Waals surface area contributed by atoms with Gasteiger partial charge in [0.05, 0.1) is 27.2 Å². The van der Waals surface area contributed by atoms with Gasteiger partial charge >= 0.3 is 17.9 Å². The minimum absolute atomic E-state index is 0.0772. The van der Waals surface area contributed by atoms with Crippen LogP contribution in [0.5, 0.6) is 11.5 Å². The van der Waals surface area contributed by atoms with Crippen molar-refractivity contribution < 1.29 is 38.8 Å². The summed E-state index contributed by atoms with van der Waals surface area (Å²) >= 11 is 0. The quantitative estimate of drug-likeness (QED) is 0.177. The predicted octanol–water partition coefficient (Wildman–Crippen LogP) is 9.17. The number of methoxy groups -OCH3 is 3. The molecule has 53 heavy (non-hydrogen) atoms. The van der Waals surface area contributed by atoms with Crippen molar-refractivity contribution in [2.24, 2.45) is 35.5 Å². The highest BCUT2D eigenvalue weighted by Gasteiger charge is 2.33. The summed E-state index contributed by atoms with van der Waals surface area (Å²) < 4.78 is 14.7. The molecule has 8 nitrogen and oxygen atoms in total. The number of hydrogen-bond donors (Lipinski definition) is 2. The van der Waals surface area contributed by atoms with E-state index in [1.807, 2.05) is 24.3 Å². The van der Waals surface area contributed by atoms with Crippen LogP contribution >= 0.6 is 0 Å². The second kappa shape index (κ2) is 21.4. The maximum atomic E-state index is 11.4. The van der Waals surface area contributed by atoms with Crippen LogP contribution in [0.15, 0.2) is 72.8 Å². The number of carboxylic acid groups (broad SMARTS) is 1. The summed E-state index contributed by atoms with van der Waals surface area (Å²) in [5, 5.41) is 18.4. The molecule has 3 aromatic carbocycles. The van der Waals surface area contributed by atoms with Crippen molar-refractivity contribution in [1.82, 2.24) is 0 Å². The van der Waals surface area contributed by atoms with Crippen LogP contribution < -0.4 is 4.74 Å². The fraction of sp³-hybridized carbons (Fsp3) is 0.533. The van der Waals surface area contributed by atoms with Crippen molar-refractivity contribution in [2.75, 3.05) is 21.3 Å². The van der Waals surface area contributed by atoms with E-state index >= 15 is 0 Å². The molecule has 0 saturated heterocycles. The lowest BCUT2D eigenvalue weighted by molar-refractivity contribution is -0.143. The number of benzene rings is 3. The molecule has 3 aliphatic carbocycles. The smallest absolute Gasteiger partial charge is 0.306 e. The first-order valence-electron chi connectivity index (χ1n) is 19.4. The number of rotatable bonds is 12. The molecule has 0 radical (unpaired) electrons. The Morgan fingerprint density at radius 2 is 0.962 bits per heavy atom.